The maximum atomic E-state index is 12.9. The highest BCUT2D eigenvalue weighted by molar-refractivity contribution is 6.37. The summed E-state index contributed by atoms with van der Waals surface area (Å²) in [6, 6.07) is 15.3. The van der Waals surface area contributed by atoms with Crippen LogP contribution in [0.3, 0.4) is 0 Å². The number of amides is 4. The lowest BCUT2D eigenvalue weighted by atomic mass is 9.89. The SMILES string of the molecule is COOCC1(O)CC(OC)O[C@]1(C)OC.COOCC1(O)CC2O[C@]1(C)n1c3ccccc3c3c4c(c5ncn2c5c31)C(=O)NC4=O.O=C1NC(=O)c2c1c1nc[nH]c1c1[nH]c3ccccc3c21. The number of benzene rings is 4. The number of methoxy groups -OCH3 is 2. The van der Waals surface area contributed by atoms with Gasteiger partial charge in [-0.1, -0.05) is 36.4 Å². The van der Waals surface area contributed by atoms with Gasteiger partial charge in [0.15, 0.2) is 17.8 Å². The molecule has 68 heavy (non-hydrogen) atoms. The molecule has 0 spiro atoms. The second kappa shape index (κ2) is 15.4. The maximum absolute atomic E-state index is 12.9. The monoisotopic (exact) mass is 932 g/mol. The molecule has 6 atom stereocenters. The van der Waals surface area contributed by atoms with Crippen molar-refractivity contribution < 1.29 is 67.9 Å². The summed E-state index contributed by atoms with van der Waals surface area (Å²) in [5.74, 6) is -2.83. The van der Waals surface area contributed by atoms with Crippen molar-refractivity contribution in [3.05, 3.63) is 83.4 Å². The number of aliphatic hydroxyl groups is 2. The van der Waals surface area contributed by atoms with Crippen molar-refractivity contribution >= 4 is 89.3 Å². The van der Waals surface area contributed by atoms with E-state index in [1.165, 1.54) is 34.8 Å². The quantitative estimate of drug-likeness (QED) is 0.0712. The number of imide groups is 2. The minimum Gasteiger partial charge on any atom is -0.382 e. The van der Waals surface area contributed by atoms with Crippen LogP contribution in [0.2, 0.25) is 0 Å². The highest BCUT2D eigenvalue weighted by atomic mass is 17.2. The topological polar surface area (TPSA) is 274 Å². The normalized spacial score (nSPS) is 26.8. The van der Waals surface area contributed by atoms with E-state index in [-0.39, 0.29) is 43.4 Å². The largest absolute Gasteiger partial charge is 0.382 e. The van der Waals surface area contributed by atoms with Gasteiger partial charge < -0.3 is 48.3 Å². The van der Waals surface area contributed by atoms with E-state index < -0.39 is 47.0 Å². The van der Waals surface area contributed by atoms with Crippen LogP contribution in [0.1, 0.15) is 74.3 Å². The summed E-state index contributed by atoms with van der Waals surface area (Å²) < 4.78 is 25.9. The second-order valence-electron chi connectivity index (χ2n) is 17.4. The van der Waals surface area contributed by atoms with Crippen LogP contribution in [0.15, 0.2) is 61.2 Å². The van der Waals surface area contributed by atoms with Gasteiger partial charge in [-0.05, 0) is 26.0 Å². The third-order valence-corrected chi connectivity index (χ3v) is 14.0. The number of hydrogen-bond donors (Lipinski definition) is 6. The number of carbonyl (C=O) groups excluding carboxylic acids is 4. The predicted octanol–water partition coefficient (Wildman–Crippen LogP) is 4.07. The molecule has 13 rings (SSSR count). The van der Waals surface area contributed by atoms with E-state index in [4.69, 9.17) is 33.6 Å². The van der Waals surface area contributed by atoms with Crippen LogP contribution < -0.4 is 10.6 Å². The Labute approximate surface area is 383 Å². The number of aromatic amines is 2. The number of H-pyrrole nitrogens is 2. The molecule has 22 heteroatoms. The number of imidazole rings is 2. The molecule has 6 N–H and O–H groups in total. The summed E-state index contributed by atoms with van der Waals surface area (Å²) >= 11 is 0. The third-order valence-electron chi connectivity index (χ3n) is 14.0. The van der Waals surface area contributed by atoms with Crippen molar-refractivity contribution in [1.29, 1.82) is 0 Å². The molecule has 5 aliphatic rings. The fourth-order valence-corrected chi connectivity index (χ4v) is 10.5. The van der Waals surface area contributed by atoms with Gasteiger partial charge in [0.05, 0.1) is 76.7 Å². The summed E-state index contributed by atoms with van der Waals surface area (Å²) in [7, 11) is 5.72. The number of hydrogen-bond acceptors (Lipinski definition) is 16. The molecule has 4 aromatic carbocycles. The highest BCUT2D eigenvalue weighted by Crippen LogP contribution is 2.56. The lowest BCUT2D eigenvalue weighted by molar-refractivity contribution is -0.341. The zero-order chi connectivity index (χ0) is 47.7. The minimum absolute atomic E-state index is 0.0479. The van der Waals surface area contributed by atoms with Crippen LogP contribution in [0.5, 0.6) is 0 Å². The van der Waals surface area contributed by atoms with Crippen LogP contribution in [-0.2, 0) is 44.2 Å². The van der Waals surface area contributed by atoms with Crippen molar-refractivity contribution in [2.75, 3.05) is 41.7 Å². The molecule has 4 amide bonds. The van der Waals surface area contributed by atoms with Crippen LogP contribution in [0.25, 0.3) is 65.7 Å². The average Bonchev–Trinajstić information content (AvgIpc) is 4.21. The summed E-state index contributed by atoms with van der Waals surface area (Å²) in [5.41, 5.74) is 2.91. The predicted molar refractivity (Wildman–Crippen MR) is 238 cm³/mol. The van der Waals surface area contributed by atoms with Crippen molar-refractivity contribution in [2.45, 2.75) is 61.9 Å². The Morgan fingerprint density at radius 1 is 0.721 bits per heavy atom. The van der Waals surface area contributed by atoms with E-state index >= 15 is 0 Å². The van der Waals surface area contributed by atoms with E-state index in [1.54, 1.807) is 13.3 Å². The fourth-order valence-electron chi connectivity index (χ4n) is 10.5. The fraction of sp³-hybridized carbons (Fsp3) is 0.348. The smallest absolute Gasteiger partial charge is 0.261 e. The molecule has 2 bridgehead atoms. The van der Waals surface area contributed by atoms with Crippen LogP contribution in [0, 0.1) is 0 Å². The number of para-hydroxylation sites is 2. The summed E-state index contributed by atoms with van der Waals surface area (Å²) in [5, 5.41) is 30.0. The number of aromatic nitrogens is 6. The Bertz CT molecular complexity index is 3470. The van der Waals surface area contributed by atoms with Gasteiger partial charge in [-0.2, -0.15) is 0 Å². The highest BCUT2D eigenvalue weighted by Gasteiger charge is 2.62. The van der Waals surface area contributed by atoms with E-state index in [9.17, 15) is 29.4 Å². The number of ether oxygens (including phenoxy) is 4. The van der Waals surface area contributed by atoms with Gasteiger partial charge in [0, 0.05) is 54.1 Å². The third kappa shape index (κ3) is 5.87. The maximum Gasteiger partial charge on any atom is 0.261 e. The number of nitrogens with zero attached hydrogens (tertiary/aromatic N) is 4. The van der Waals surface area contributed by atoms with E-state index in [0.717, 1.165) is 38.2 Å². The molecule has 0 saturated carbocycles. The Balaban J connectivity index is 0.000000122. The Hall–Kier alpha value is -6.70. The van der Waals surface area contributed by atoms with Crippen molar-refractivity contribution in [2.24, 2.45) is 0 Å². The summed E-state index contributed by atoms with van der Waals surface area (Å²) in [6.07, 6.45) is 2.54. The lowest BCUT2D eigenvalue weighted by Gasteiger charge is -2.39. The molecule has 9 heterocycles. The number of fused-ring (bicyclic) bond motifs is 18. The molecule has 2 saturated heterocycles. The van der Waals surface area contributed by atoms with Crippen molar-refractivity contribution in [1.82, 2.24) is 39.7 Å². The Morgan fingerprint density at radius 3 is 2.04 bits per heavy atom. The molecule has 4 unspecified atom stereocenters. The zero-order valence-corrected chi connectivity index (χ0v) is 37.3. The molecule has 5 aliphatic heterocycles. The standard InChI is InChI=1S/C22H18N4O6.C15H8N4O2.C9H18O6/c1-21-22(29,8-31-30-2)7-12(32-21)25-9-23-16-15-14(19(27)24-20(15)28)13-10-5-3-4-6-11(10)26(21)17(13)18(16)25;20-14-9-8-6-3-1-2-4-7(6)18-12(8)13-11(16-5-17-13)10(9)15(21)19-14;1-8(12-3)9(10,6-14-13-4)5-7(11-2)15-8/h3-6,9,12,29H,7-8H2,1-2H3,(H,24,27,28);1-5,18H,(H,16,17)(H,19,20,21);7,10H,5-6H2,1-4H3/t12?,21-,22?;;7?,8-,9?/m0.0/s1. The number of nitrogens with one attached hydrogen (secondary N) is 4. The van der Waals surface area contributed by atoms with Gasteiger partial charge in [-0.25, -0.2) is 29.5 Å². The molecular weight excluding hydrogens is 889 g/mol. The molecule has 8 aromatic rings. The Kier molecular flexibility index (Phi) is 9.94. The van der Waals surface area contributed by atoms with Gasteiger partial charge in [0.2, 0.25) is 0 Å². The van der Waals surface area contributed by atoms with Crippen molar-refractivity contribution in [3.8, 4) is 0 Å². The molecule has 0 radical (unpaired) electrons. The summed E-state index contributed by atoms with van der Waals surface area (Å²) in [6.45, 7) is 3.27. The van der Waals surface area contributed by atoms with E-state index in [1.807, 2.05) is 64.6 Å². The first-order valence-corrected chi connectivity index (χ1v) is 21.4. The summed E-state index contributed by atoms with van der Waals surface area (Å²) in [4.78, 5) is 84.2. The average molecular weight is 933 g/mol. The number of carbonyl (C=O) groups is 4. The van der Waals surface area contributed by atoms with E-state index in [2.05, 4.69) is 35.5 Å². The minimum atomic E-state index is -1.45. The lowest BCUT2D eigenvalue weighted by Crippen LogP contribution is -2.53. The van der Waals surface area contributed by atoms with Crippen LogP contribution in [0.4, 0.5) is 0 Å². The van der Waals surface area contributed by atoms with Crippen LogP contribution in [-0.4, -0.2) is 128 Å². The zero-order valence-electron chi connectivity index (χ0n) is 37.3. The van der Waals surface area contributed by atoms with E-state index in [0.29, 0.717) is 44.1 Å². The molecular formula is C46H44N8O14. The molecule has 0 aliphatic carbocycles. The molecule has 2 fully saturated rings. The molecule has 352 valence electrons. The van der Waals surface area contributed by atoms with Gasteiger partial charge in [-0.3, -0.25) is 29.8 Å². The second-order valence-corrected chi connectivity index (χ2v) is 17.4. The first-order valence-electron chi connectivity index (χ1n) is 21.4. The molecule has 22 nitrogen and oxygen atoms in total. The van der Waals surface area contributed by atoms with Gasteiger partial charge in [0.1, 0.15) is 41.7 Å². The first-order chi connectivity index (χ1) is 32.7. The van der Waals surface area contributed by atoms with Gasteiger partial charge >= 0.3 is 0 Å². The first kappa shape index (κ1) is 43.8. The van der Waals surface area contributed by atoms with Gasteiger partial charge in [0.25, 0.3) is 23.6 Å². The van der Waals surface area contributed by atoms with Gasteiger partial charge in [-0.15, -0.1) is 0 Å². The Morgan fingerprint density at radius 2 is 1.35 bits per heavy atom. The van der Waals surface area contributed by atoms with Crippen molar-refractivity contribution in [3.63, 3.8) is 0 Å². The van der Waals surface area contributed by atoms with Crippen LogP contribution >= 0.6 is 0 Å². The molecule has 4 aromatic heterocycles. The number of rotatable bonds is 8.